The second kappa shape index (κ2) is 10.8. The van der Waals surface area contributed by atoms with E-state index in [9.17, 15) is 28.1 Å². The average molecular weight is 439 g/mol. The lowest BCUT2D eigenvalue weighted by Gasteiger charge is -2.11. The van der Waals surface area contributed by atoms with E-state index in [0.29, 0.717) is 19.2 Å². The van der Waals surface area contributed by atoms with Crippen LogP contribution in [-0.2, 0) is 28.9 Å². The van der Waals surface area contributed by atoms with E-state index in [1.54, 1.807) is 0 Å². The van der Waals surface area contributed by atoms with Crippen LogP contribution in [0.4, 0.5) is 24.5 Å². The number of benzene rings is 2. The van der Waals surface area contributed by atoms with Gasteiger partial charge >= 0.3 is 6.18 Å². The average Bonchev–Trinajstić information content (AvgIpc) is 2.70. The first-order valence-corrected chi connectivity index (χ1v) is 9.62. The minimum absolute atomic E-state index is 0.00150. The summed E-state index contributed by atoms with van der Waals surface area (Å²) in [6, 6.07) is 9.80. The maximum absolute atomic E-state index is 12.7. The fourth-order valence-corrected chi connectivity index (χ4v) is 2.62. The zero-order chi connectivity index (χ0) is 23.0. The van der Waals surface area contributed by atoms with Gasteiger partial charge in [0.05, 0.1) is 23.2 Å². The third-order valence-electron chi connectivity index (χ3n) is 4.29. The second-order valence-corrected chi connectivity index (χ2v) is 7.12. The largest absolute Gasteiger partial charge is 0.416 e. The van der Waals surface area contributed by atoms with Crippen molar-refractivity contribution >= 4 is 17.3 Å². The van der Waals surface area contributed by atoms with Gasteiger partial charge in [-0.3, -0.25) is 14.9 Å². The van der Waals surface area contributed by atoms with Gasteiger partial charge in [-0.05, 0) is 37.1 Å². The van der Waals surface area contributed by atoms with Crippen molar-refractivity contribution in [3.05, 3.63) is 69.3 Å². The Balaban J connectivity index is 1.82. The number of nitro groups is 1. The zero-order valence-electron chi connectivity index (χ0n) is 17.2. The Morgan fingerprint density at radius 3 is 2.35 bits per heavy atom. The summed E-state index contributed by atoms with van der Waals surface area (Å²) in [6.07, 6.45) is -4.54. The van der Waals surface area contributed by atoms with Gasteiger partial charge in [-0.25, -0.2) is 0 Å². The minimum Gasteiger partial charge on any atom is -0.379 e. The molecule has 0 aliphatic heterocycles. The molecule has 0 bridgehead atoms. The molecule has 1 amide bonds. The molecule has 2 N–H and O–H groups in total. The van der Waals surface area contributed by atoms with Gasteiger partial charge in [0.15, 0.2) is 0 Å². The molecule has 2 rings (SSSR count). The molecule has 168 valence electrons. The zero-order valence-corrected chi connectivity index (χ0v) is 17.2. The first-order valence-electron chi connectivity index (χ1n) is 9.62. The third kappa shape index (κ3) is 7.89. The van der Waals surface area contributed by atoms with Crippen LogP contribution in [0.3, 0.4) is 0 Å². The molecule has 31 heavy (non-hydrogen) atoms. The Bertz CT molecular complexity index is 900. The Hall–Kier alpha value is -3.14. The van der Waals surface area contributed by atoms with Gasteiger partial charge in [-0.1, -0.05) is 24.3 Å². The van der Waals surface area contributed by atoms with Crippen molar-refractivity contribution in [3.63, 3.8) is 0 Å². The van der Waals surface area contributed by atoms with Gasteiger partial charge in [0.1, 0.15) is 5.69 Å². The molecule has 7 nitrogen and oxygen atoms in total. The maximum Gasteiger partial charge on any atom is 0.416 e. The van der Waals surface area contributed by atoms with E-state index in [2.05, 4.69) is 10.6 Å². The lowest BCUT2D eigenvalue weighted by molar-refractivity contribution is -0.384. The van der Waals surface area contributed by atoms with Crippen LogP contribution >= 0.6 is 0 Å². The number of hydrogen-bond donors (Lipinski definition) is 2. The van der Waals surface area contributed by atoms with Crippen LogP contribution in [0.25, 0.3) is 0 Å². The number of ether oxygens (including phenoxy) is 1. The van der Waals surface area contributed by atoms with Crippen molar-refractivity contribution in [2.75, 3.05) is 11.9 Å². The van der Waals surface area contributed by atoms with Gasteiger partial charge in [0, 0.05) is 25.6 Å². The van der Waals surface area contributed by atoms with Gasteiger partial charge < -0.3 is 15.4 Å². The lowest BCUT2D eigenvalue weighted by atomic mass is 10.1. The fourth-order valence-electron chi connectivity index (χ4n) is 2.62. The summed E-state index contributed by atoms with van der Waals surface area (Å²) in [7, 11) is 0. The molecule has 0 heterocycles. The molecular formula is C21H24F3N3O4. The maximum atomic E-state index is 12.7. The fraction of sp³-hybridized carbons (Fsp3) is 0.381. The second-order valence-electron chi connectivity index (χ2n) is 7.12. The Labute approximate surface area is 177 Å². The molecule has 0 aromatic heterocycles. The Morgan fingerprint density at radius 1 is 1.13 bits per heavy atom. The first-order chi connectivity index (χ1) is 14.6. The summed E-state index contributed by atoms with van der Waals surface area (Å²) in [6.45, 7) is 4.75. The van der Waals surface area contributed by atoms with Crippen LogP contribution < -0.4 is 10.6 Å². The highest BCUT2D eigenvalue weighted by Crippen LogP contribution is 2.34. The van der Waals surface area contributed by atoms with E-state index >= 15 is 0 Å². The molecule has 0 aliphatic rings. The number of nitro benzene ring substituents is 1. The molecule has 0 fully saturated rings. The molecule has 0 atom stereocenters. The summed E-state index contributed by atoms with van der Waals surface area (Å²) in [5, 5.41) is 16.4. The molecule has 0 radical (unpaired) electrons. The summed E-state index contributed by atoms with van der Waals surface area (Å²) < 4.78 is 43.7. The van der Waals surface area contributed by atoms with Crippen molar-refractivity contribution in [1.82, 2.24) is 5.32 Å². The third-order valence-corrected chi connectivity index (χ3v) is 4.29. The number of alkyl halides is 3. The van der Waals surface area contributed by atoms with Crippen molar-refractivity contribution in [2.24, 2.45) is 0 Å². The van der Waals surface area contributed by atoms with Crippen molar-refractivity contribution < 1.29 is 27.6 Å². The number of hydrogen-bond acceptors (Lipinski definition) is 5. The van der Waals surface area contributed by atoms with Crippen LogP contribution in [0, 0.1) is 10.1 Å². The number of carbonyl (C=O) groups is 1. The summed E-state index contributed by atoms with van der Waals surface area (Å²) in [5.74, 6) is -0.297. The number of anilines is 1. The van der Waals surface area contributed by atoms with Crippen LogP contribution in [0.2, 0.25) is 0 Å². The molecule has 0 unspecified atom stereocenters. The molecule has 0 saturated carbocycles. The van der Waals surface area contributed by atoms with E-state index in [1.165, 1.54) is 0 Å². The molecular weight excluding hydrogens is 415 g/mol. The SMILES string of the molecule is CC(C)OCc1ccc(CNC(=O)CCNc2ccc(C(F)(F)F)cc2[N+](=O)[O-])cc1. The highest BCUT2D eigenvalue weighted by atomic mass is 19.4. The number of amides is 1. The lowest BCUT2D eigenvalue weighted by Crippen LogP contribution is -2.25. The van der Waals surface area contributed by atoms with E-state index in [4.69, 9.17) is 4.74 Å². The molecule has 0 saturated heterocycles. The van der Waals surface area contributed by atoms with E-state index in [1.807, 2.05) is 38.1 Å². The normalized spacial score (nSPS) is 11.4. The van der Waals surface area contributed by atoms with Crippen molar-refractivity contribution in [1.29, 1.82) is 0 Å². The highest BCUT2D eigenvalue weighted by molar-refractivity contribution is 5.76. The number of carbonyl (C=O) groups excluding carboxylic acids is 1. The summed E-state index contributed by atoms with van der Waals surface area (Å²) in [4.78, 5) is 22.2. The summed E-state index contributed by atoms with van der Waals surface area (Å²) in [5.41, 5.74) is 0.0325. The molecule has 0 aliphatic carbocycles. The first kappa shape index (κ1) is 24.1. The number of rotatable bonds is 10. The number of nitrogens with zero attached hydrogens (tertiary/aromatic N) is 1. The van der Waals surface area contributed by atoms with Crippen molar-refractivity contribution in [2.45, 2.75) is 45.7 Å². The van der Waals surface area contributed by atoms with Crippen LogP contribution in [0.5, 0.6) is 0 Å². The molecule has 10 heteroatoms. The minimum atomic E-state index is -4.68. The Morgan fingerprint density at radius 2 is 1.77 bits per heavy atom. The smallest absolute Gasteiger partial charge is 0.379 e. The van der Waals surface area contributed by atoms with Crippen LogP contribution in [0.15, 0.2) is 42.5 Å². The van der Waals surface area contributed by atoms with Gasteiger partial charge in [-0.15, -0.1) is 0 Å². The number of nitrogens with one attached hydrogen (secondary N) is 2. The Kier molecular flexibility index (Phi) is 8.38. The monoisotopic (exact) mass is 439 g/mol. The van der Waals surface area contributed by atoms with Crippen LogP contribution in [0.1, 0.15) is 37.0 Å². The topological polar surface area (TPSA) is 93.5 Å². The predicted molar refractivity (Wildman–Crippen MR) is 109 cm³/mol. The van der Waals surface area contributed by atoms with Crippen LogP contribution in [-0.4, -0.2) is 23.5 Å². The standard InChI is InChI=1S/C21H24F3N3O4/c1-14(2)31-13-16-5-3-15(4-6-16)12-26-20(28)9-10-25-18-8-7-17(21(22,23)24)11-19(18)27(29)30/h3-8,11,14,25H,9-10,12-13H2,1-2H3,(H,26,28). The van der Waals surface area contributed by atoms with Gasteiger partial charge in [-0.2, -0.15) is 13.2 Å². The van der Waals surface area contributed by atoms with Gasteiger partial charge in [0.25, 0.3) is 5.69 Å². The highest BCUT2D eigenvalue weighted by Gasteiger charge is 2.33. The molecule has 2 aromatic rings. The van der Waals surface area contributed by atoms with Gasteiger partial charge in [0.2, 0.25) is 5.91 Å². The molecule has 2 aromatic carbocycles. The number of halogens is 3. The van der Waals surface area contributed by atoms with E-state index in [0.717, 1.165) is 23.3 Å². The van der Waals surface area contributed by atoms with E-state index in [-0.39, 0.29) is 30.7 Å². The van der Waals surface area contributed by atoms with E-state index < -0.39 is 22.4 Å². The van der Waals surface area contributed by atoms with Crippen molar-refractivity contribution in [3.8, 4) is 0 Å². The summed E-state index contributed by atoms with van der Waals surface area (Å²) >= 11 is 0. The quantitative estimate of drug-likeness (QED) is 0.415. The predicted octanol–water partition coefficient (Wildman–Crippen LogP) is 4.66. The molecule has 0 spiro atoms.